The first-order chi connectivity index (χ1) is 7.92. The van der Waals surface area contributed by atoms with E-state index >= 15 is 0 Å². The molecule has 0 aromatic rings. The predicted molar refractivity (Wildman–Crippen MR) is 66.6 cm³/mol. The molecule has 3 N–H and O–H groups in total. The average Bonchev–Trinajstić information content (AvgIpc) is 2.31. The Balaban J connectivity index is 4.26. The molecule has 0 aliphatic rings. The lowest BCUT2D eigenvalue weighted by Gasteiger charge is -2.26. The van der Waals surface area contributed by atoms with Crippen molar-refractivity contribution in [2.45, 2.75) is 46.1 Å². The summed E-state index contributed by atoms with van der Waals surface area (Å²) in [6.07, 6.45) is 1.15. The number of nitrogens with zero attached hydrogens (tertiary/aromatic N) is 1. The highest BCUT2D eigenvalue weighted by Crippen LogP contribution is 2.07. The average molecular weight is 244 g/mol. The van der Waals surface area contributed by atoms with E-state index in [2.05, 4.69) is 13.8 Å². The Morgan fingerprint density at radius 2 is 1.94 bits per heavy atom. The minimum atomic E-state index is -0.918. The molecule has 5 heteroatoms. The maximum atomic E-state index is 11.9. The van der Waals surface area contributed by atoms with Gasteiger partial charge in [-0.2, -0.15) is 0 Å². The second-order valence-electron chi connectivity index (χ2n) is 4.43. The summed E-state index contributed by atoms with van der Waals surface area (Å²) in [6.45, 7) is 7.37. The van der Waals surface area contributed by atoms with Crippen LogP contribution in [0, 0.1) is 5.92 Å². The summed E-state index contributed by atoms with van der Waals surface area (Å²) in [7, 11) is 0. The highest BCUT2D eigenvalue weighted by molar-refractivity contribution is 5.82. The van der Waals surface area contributed by atoms with Crippen LogP contribution < -0.4 is 5.73 Å². The summed E-state index contributed by atoms with van der Waals surface area (Å²) in [5.41, 5.74) is 5.70. The Labute approximate surface area is 103 Å². The van der Waals surface area contributed by atoms with Crippen LogP contribution in [0.3, 0.4) is 0 Å². The van der Waals surface area contributed by atoms with Crippen molar-refractivity contribution in [3.63, 3.8) is 0 Å². The predicted octanol–water partition coefficient (Wildman–Crippen LogP) is 1.07. The van der Waals surface area contributed by atoms with E-state index in [9.17, 15) is 9.59 Å². The fourth-order valence-electron chi connectivity index (χ4n) is 1.52. The molecule has 2 atom stereocenters. The summed E-state index contributed by atoms with van der Waals surface area (Å²) in [5.74, 6) is -0.627. The van der Waals surface area contributed by atoms with Crippen LogP contribution in [-0.4, -0.2) is 41.0 Å². The van der Waals surface area contributed by atoms with Crippen molar-refractivity contribution < 1.29 is 14.7 Å². The zero-order valence-corrected chi connectivity index (χ0v) is 11.0. The fourth-order valence-corrected chi connectivity index (χ4v) is 1.52. The number of nitrogens with two attached hydrogens (primary N) is 1. The number of carboxylic acids is 1. The molecule has 17 heavy (non-hydrogen) atoms. The van der Waals surface area contributed by atoms with Gasteiger partial charge < -0.3 is 15.7 Å². The van der Waals surface area contributed by atoms with Crippen molar-refractivity contribution in [3.8, 4) is 0 Å². The van der Waals surface area contributed by atoms with Crippen LogP contribution >= 0.6 is 0 Å². The maximum absolute atomic E-state index is 11.9. The number of likely N-dealkylation sites (N-methyl/N-ethyl adjacent to an activating group) is 1. The maximum Gasteiger partial charge on any atom is 0.303 e. The minimum absolute atomic E-state index is 0.0617. The fraction of sp³-hybridized carbons (Fsp3) is 0.833. The lowest BCUT2D eigenvalue weighted by atomic mass is 10.1. The molecule has 100 valence electrons. The number of hydrogen-bond donors (Lipinski definition) is 2. The van der Waals surface area contributed by atoms with E-state index in [4.69, 9.17) is 10.8 Å². The van der Waals surface area contributed by atoms with Gasteiger partial charge in [0.25, 0.3) is 0 Å². The van der Waals surface area contributed by atoms with Crippen LogP contribution in [0.4, 0.5) is 0 Å². The molecule has 5 nitrogen and oxygen atoms in total. The first-order valence-corrected chi connectivity index (χ1v) is 6.18. The topological polar surface area (TPSA) is 83.6 Å². The van der Waals surface area contributed by atoms with Gasteiger partial charge >= 0.3 is 5.97 Å². The first kappa shape index (κ1) is 15.9. The van der Waals surface area contributed by atoms with E-state index in [0.717, 1.165) is 6.42 Å². The van der Waals surface area contributed by atoms with Crippen LogP contribution in [0.1, 0.15) is 40.0 Å². The van der Waals surface area contributed by atoms with Crippen LogP contribution in [0.25, 0.3) is 0 Å². The molecule has 0 aliphatic carbocycles. The molecule has 0 aliphatic heterocycles. The van der Waals surface area contributed by atoms with Gasteiger partial charge in [-0.25, -0.2) is 0 Å². The van der Waals surface area contributed by atoms with Gasteiger partial charge in [-0.3, -0.25) is 9.59 Å². The van der Waals surface area contributed by atoms with E-state index in [0.29, 0.717) is 19.0 Å². The van der Waals surface area contributed by atoms with Gasteiger partial charge in [0.05, 0.1) is 6.04 Å². The van der Waals surface area contributed by atoms with Gasteiger partial charge in [0.15, 0.2) is 0 Å². The lowest BCUT2D eigenvalue weighted by molar-refractivity contribution is -0.137. The number of carboxylic acid groups (broad SMARTS) is 1. The van der Waals surface area contributed by atoms with Crippen molar-refractivity contribution in [2.75, 3.05) is 13.1 Å². The summed E-state index contributed by atoms with van der Waals surface area (Å²) >= 11 is 0. The Morgan fingerprint density at radius 3 is 2.35 bits per heavy atom. The van der Waals surface area contributed by atoms with Gasteiger partial charge in [0.1, 0.15) is 0 Å². The monoisotopic (exact) mass is 244 g/mol. The Kier molecular flexibility index (Phi) is 7.54. The molecule has 0 bridgehead atoms. The molecule has 0 rings (SSSR count). The molecule has 1 amide bonds. The molecule has 0 saturated heterocycles. The Morgan fingerprint density at radius 1 is 1.35 bits per heavy atom. The van der Waals surface area contributed by atoms with Crippen molar-refractivity contribution >= 4 is 11.9 Å². The van der Waals surface area contributed by atoms with Crippen LogP contribution in [0.15, 0.2) is 0 Å². The van der Waals surface area contributed by atoms with Crippen LogP contribution in [0.5, 0.6) is 0 Å². The Hall–Kier alpha value is -1.10. The molecular formula is C12H24N2O3. The van der Waals surface area contributed by atoms with E-state index < -0.39 is 12.0 Å². The van der Waals surface area contributed by atoms with Crippen LogP contribution in [0.2, 0.25) is 0 Å². The zero-order chi connectivity index (χ0) is 13.4. The number of aliphatic carboxylic acids is 1. The number of rotatable bonds is 8. The van der Waals surface area contributed by atoms with Crippen LogP contribution in [-0.2, 0) is 9.59 Å². The quantitative estimate of drug-likeness (QED) is 0.669. The molecule has 0 heterocycles. The first-order valence-electron chi connectivity index (χ1n) is 6.18. The van der Waals surface area contributed by atoms with E-state index in [-0.39, 0.29) is 18.7 Å². The minimum Gasteiger partial charge on any atom is -0.481 e. The molecule has 0 fully saturated rings. The largest absolute Gasteiger partial charge is 0.481 e. The number of carbonyl (C=O) groups excluding carboxylic acids is 1. The van der Waals surface area contributed by atoms with Crippen molar-refractivity contribution in [1.82, 2.24) is 4.90 Å². The number of carbonyl (C=O) groups is 2. The number of amides is 1. The number of hydrogen-bond acceptors (Lipinski definition) is 3. The SMILES string of the molecule is CCC(C)CN(CC)C(=O)C(N)CCC(=O)O. The zero-order valence-electron chi connectivity index (χ0n) is 11.0. The second kappa shape index (κ2) is 8.06. The second-order valence-corrected chi connectivity index (χ2v) is 4.43. The summed E-state index contributed by atoms with van der Waals surface area (Å²) in [4.78, 5) is 24.1. The summed E-state index contributed by atoms with van der Waals surface area (Å²) < 4.78 is 0. The standard InChI is InChI=1S/C12H24N2O3/c1-4-9(3)8-14(5-2)12(17)10(13)6-7-11(15)16/h9-10H,4-8,13H2,1-3H3,(H,15,16). The van der Waals surface area contributed by atoms with Gasteiger partial charge in [-0.1, -0.05) is 20.3 Å². The molecule has 0 aromatic heterocycles. The van der Waals surface area contributed by atoms with Gasteiger partial charge in [-0.15, -0.1) is 0 Å². The highest BCUT2D eigenvalue weighted by Gasteiger charge is 2.21. The smallest absolute Gasteiger partial charge is 0.303 e. The summed E-state index contributed by atoms with van der Waals surface area (Å²) in [6, 6.07) is -0.699. The highest BCUT2D eigenvalue weighted by atomic mass is 16.4. The van der Waals surface area contributed by atoms with E-state index in [1.807, 2.05) is 6.92 Å². The molecular weight excluding hydrogens is 220 g/mol. The third kappa shape index (κ3) is 6.26. The summed E-state index contributed by atoms with van der Waals surface area (Å²) in [5, 5.41) is 8.54. The third-order valence-corrected chi connectivity index (χ3v) is 2.91. The molecule has 2 unspecified atom stereocenters. The van der Waals surface area contributed by atoms with Gasteiger partial charge in [-0.05, 0) is 19.3 Å². The molecule has 0 spiro atoms. The molecule has 0 aromatic carbocycles. The van der Waals surface area contributed by atoms with Crippen molar-refractivity contribution in [1.29, 1.82) is 0 Å². The lowest BCUT2D eigenvalue weighted by Crippen LogP contribution is -2.45. The Bertz CT molecular complexity index is 256. The third-order valence-electron chi connectivity index (χ3n) is 2.91. The van der Waals surface area contributed by atoms with Gasteiger partial charge in [0, 0.05) is 19.5 Å². The van der Waals surface area contributed by atoms with Crippen molar-refractivity contribution in [3.05, 3.63) is 0 Å². The van der Waals surface area contributed by atoms with E-state index in [1.54, 1.807) is 4.90 Å². The molecule has 0 radical (unpaired) electrons. The van der Waals surface area contributed by atoms with Crippen molar-refractivity contribution in [2.24, 2.45) is 11.7 Å². The molecule has 0 saturated carbocycles. The normalized spacial score (nSPS) is 14.1. The van der Waals surface area contributed by atoms with Gasteiger partial charge in [0.2, 0.25) is 5.91 Å². The van der Waals surface area contributed by atoms with E-state index in [1.165, 1.54) is 0 Å².